The van der Waals surface area contributed by atoms with Crippen molar-refractivity contribution in [3.8, 4) is 27.8 Å². The Morgan fingerprint density at radius 3 is 2.68 bits per heavy atom. The minimum absolute atomic E-state index is 0.102. The molecule has 0 amide bonds. The molecule has 5 aromatic rings. The molecular formula is C22H18N6OS2. The molecule has 1 atom stereocenters. The highest BCUT2D eigenvalue weighted by atomic mass is 32.2. The first-order valence-corrected chi connectivity index (χ1v) is 11.4. The van der Waals surface area contributed by atoms with Crippen LogP contribution >= 0.6 is 23.1 Å². The number of hydrogen-bond donors (Lipinski definition) is 0. The van der Waals surface area contributed by atoms with Gasteiger partial charge in [0.15, 0.2) is 11.0 Å². The second-order valence-electron chi connectivity index (χ2n) is 6.85. The smallest absolute Gasteiger partial charge is 0.257 e. The van der Waals surface area contributed by atoms with Gasteiger partial charge in [-0.05, 0) is 49.1 Å². The third-order valence-electron chi connectivity index (χ3n) is 4.71. The van der Waals surface area contributed by atoms with Crippen LogP contribution in [0.15, 0.2) is 75.9 Å². The Hall–Kier alpha value is -3.30. The van der Waals surface area contributed by atoms with Gasteiger partial charge in [0.2, 0.25) is 5.89 Å². The lowest BCUT2D eigenvalue weighted by molar-refractivity contribution is 0.510. The molecule has 0 N–H and O–H groups in total. The largest absolute Gasteiger partial charge is 0.419 e. The third kappa shape index (κ3) is 3.89. The lowest BCUT2D eigenvalue weighted by Crippen LogP contribution is -2.03. The summed E-state index contributed by atoms with van der Waals surface area (Å²) in [6.45, 7) is 4.10. The molecule has 0 radical (unpaired) electrons. The molecule has 1 unspecified atom stereocenters. The zero-order valence-electron chi connectivity index (χ0n) is 16.8. The molecule has 0 aliphatic carbocycles. The van der Waals surface area contributed by atoms with Crippen LogP contribution in [0.5, 0.6) is 0 Å². The normalized spacial score (nSPS) is 12.2. The molecule has 0 aliphatic heterocycles. The van der Waals surface area contributed by atoms with Crippen molar-refractivity contribution < 1.29 is 4.42 Å². The Balaban J connectivity index is 1.52. The van der Waals surface area contributed by atoms with E-state index in [4.69, 9.17) is 4.42 Å². The number of benzene rings is 1. The fraction of sp³-hybridized carbons (Fsp3) is 0.136. The van der Waals surface area contributed by atoms with E-state index in [1.165, 1.54) is 11.8 Å². The highest BCUT2D eigenvalue weighted by Crippen LogP contribution is 2.38. The summed E-state index contributed by atoms with van der Waals surface area (Å²) in [6, 6.07) is 16.0. The lowest BCUT2D eigenvalue weighted by Gasteiger charge is -2.14. The van der Waals surface area contributed by atoms with Gasteiger partial charge in [0.1, 0.15) is 0 Å². The van der Waals surface area contributed by atoms with E-state index in [1.807, 2.05) is 48.7 Å². The molecule has 31 heavy (non-hydrogen) atoms. The van der Waals surface area contributed by atoms with Gasteiger partial charge in [0, 0.05) is 18.0 Å². The first-order valence-electron chi connectivity index (χ1n) is 9.66. The molecule has 0 bridgehead atoms. The monoisotopic (exact) mass is 446 g/mol. The number of thiophene rings is 1. The summed E-state index contributed by atoms with van der Waals surface area (Å²) in [5.74, 6) is 1.83. The number of rotatable bonds is 6. The topological polar surface area (TPSA) is 82.5 Å². The number of aryl methyl sites for hydroxylation is 1. The number of nitrogens with zero attached hydrogens (tertiary/aromatic N) is 6. The van der Waals surface area contributed by atoms with Gasteiger partial charge in [-0.1, -0.05) is 36.0 Å². The molecular weight excluding hydrogens is 428 g/mol. The highest BCUT2D eigenvalue weighted by Gasteiger charge is 2.23. The zero-order chi connectivity index (χ0) is 21.2. The summed E-state index contributed by atoms with van der Waals surface area (Å²) in [7, 11) is 0. The second-order valence-corrected chi connectivity index (χ2v) is 9.11. The van der Waals surface area contributed by atoms with Crippen LogP contribution in [0.1, 0.15) is 23.6 Å². The van der Waals surface area contributed by atoms with Crippen molar-refractivity contribution >= 4 is 23.1 Å². The van der Waals surface area contributed by atoms with Crippen LogP contribution in [0.2, 0.25) is 0 Å². The van der Waals surface area contributed by atoms with E-state index in [-0.39, 0.29) is 5.25 Å². The van der Waals surface area contributed by atoms with Crippen LogP contribution in [-0.4, -0.2) is 29.9 Å². The fourth-order valence-electron chi connectivity index (χ4n) is 3.17. The van der Waals surface area contributed by atoms with Crippen LogP contribution < -0.4 is 0 Å². The minimum Gasteiger partial charge on any atom is -0.419 e. The predicted octanol–water partition coefficient (Wildman–Crippen LogP) is 5.60. The van der Waals surface area contributed by atoms with Crippen molar-refractivity contribution in [3.63, 3.8) is 0 Å². The van der Waals surface area contributed by atoms with Crippen LogP contribution in [-0.2, 0) is 0 Å². The summed E-state index contributed by atoms with van der Waals surface area (Å²) in [5.41, 5.74) is 3.04. The van der Waals surface area contributed by atoms with E-state index in [1.54, 1.807) is 23.7 Å². The molecule has 0 spiro atoms. The maximum atomic E-state index is 5.92. The van der Waals surface area contributed by atoms with Gasteiger partial charge in [-0.15, -0.1) is 31.7 Å². The van der Waals surface area contributed by atoms with E-state index in [0.29, 0.717) is 11.8 Å². The lowest BCUT2D eigenvalue weighted by atomic mass is 10.2. The Labute approximate surface area is 187 Å². The Kier molecular flexibility index (Phi) is 5.35. The molecule has 0 saturated carbocycles. The van der Waals surface area contributed by atoms with Crippen molar-refractivity contribution in [3.05, 3.63) is 77.8 Å². The first kappa shape index (κ1) is 19.7. The molecule has 0 fully saturated rings. The Bertz CT molecular complexity index is 1300. The summed E-state index contributed by atoms with van der Waals surface area (Å²) in [4.78, 5) is 5.20. The number of aromatic nitrogens is 6. The van der Waals surface area contributed by atoms with E-state index >= 15 is 0 Å². The molecule has 0 saturated heterocycles. The van der Waals surface area contributed by atoms with Crippen molar-refractivity contribution in [2.75, 3.05) is 0 Å². The fourth-order valence-corrected chi connectivity index (χ4v) is 4.70. The van der Waals surface area contributed by atoms with Crippen LogP contribution in [0.25, 0.3) is 27.8 Å². The van der Waals surface area contributed by atoms with Gasteiger partial charge in [0.05, 0.1) is 15.8 Å². The molecule has 5 rings (SSSR count). The standard InChI is InChI=1S/C22H18N6OS2/c1-14-7-3-4-9-17(14)28-19(16-8-5-11-23-13-16)24-27-22(28)31-15(2)20-25-26-21(29-20)18-10-6-12-30-18/h3-13,15H,1-2H3. The summed E-state index contributed by atoms with van der Waals surface area (Å²) < 4.78 is 7.98. The minimum atomic E-state index is -0.102. The number of hydrogen-bond acceptors (Lipinski definition) is 8. The molecule has 154 valence electrons. The van der Waals surface area contributed by atoms with Crippen molar-refractivity contribution in [1.29, 1.82) is 0 Å². The predicted molar refractivity (Wildman–Crippen MR) is 121 cm³/mol. The average Bonchev–Trinajstić information content (AvgIpc) is 3.55. The Morgan fingerprint density at radius 2 is 1.90 bits per heavy atom. The maximum absolute atomic E-state index is 5.92. The van der Waals surface area contributed by atoms with E-state index in [2.05, 4.69) is 49.0 Å². The maximum Gasteiger partial charge on any atom is 0.257 e. The average molecular weight is 447 g/mol. The van der Waals surface area contributed by atoms with E-state index in [9.17, 15) is 0 Å². The quantitative estimate of drug-likeness (QED) is 0.314. The van der Waals surface area contributed by atoms with Gasteiger partial charge in [-0.3, -0.25) is 9.55 Å². The van der Waals surface area contributed by atoms with Gasteiger partial charge in [-0.25, -0.2) is 0 Å². The summed E-state index contributed by atoms with van der Waals surface area (Å²) in [5, 5.41) is 20.1. The van der Waals surface area contributed by atoms with Crippen LogP contribution in [0, 0.1) is 6.92 Å². The second kappa shape index (κ2) is 8.44. The highest BCUT2D eigenvalue weighted by molar-refractivity contribution is 7.99. The number of thioether (sulfide) groups is 1. The van der Waals surface area contributed by atoms with Crippen molar-refractivity contribution in [1.82, 2.24) is 29.9 Å². The molecule has 0 aliphatic rings. The van der Waals surface area contributed by atoms with Gasteiger partial charge < -0.3 is 4.42 Å². The van der Waals surface area contributed by atoms with E-state index < -0.39 is 0 Å². The Morgan fingerprint density at radius 1 is 1.00 bits per heavy atom. The van der Waals surface area contributed by atoms with Crippen LogP contribution in [0.4, 0.5) is 0 Å². The summed E-state index contributed by atoms with van der Waals surface area (Å²) in [6.07, 6.45) is 3.54. The first-order chi connectivity index (χ1) is 15.2. The van der Waals surface area contributed by atoms with Gasteiger partial charge >= 0.3 is 0 Å². The van der Waals surface area contributed by atoms with Crippen molar-refractivity contribution in [2.24, 2.45) is 0 Å². The molecule has 9 heteroatoms. The molecule has 4 aromatic heterocycles. The van der Waals surface area contributed by atoms with E-state index in [0.717, 1.165) is 32.7 Å². The molecule has 7 nitrogen and oxygen atoms in total. The van der Waals surface area contributed by atoms with Crippen molar-refractivity contribution in [2.45, 2.75) is 24.3 Å². The van der Waals surface area contributed by atoms with Gasteiger partial charge in [-0.2, -0.15) is 0 Å². The van der Waals surface area contributed by atoms with Gasteiger partial charge in [0.25, 0.3) is 5.89 Å². The van der Waals surface area contributed by atoms with Crippen LogP contribution in [0.3, 0.4) is 0 Å². The molecule has 1 aromatic carbocycles. The summed E-state index contributed by atoms with van der Waals surface area (Å²) >= 11 is 3.10. The number of pyridine rings is 1. The zero-order valence-corrected chi connectivity index (χ0v) is 18.5. The molecule has 4 heterocycles. The SMILES string of the molecule is Cc1ccccc1-n1c(SC(C)c2nnc(-c3cccs3)o2)nnc1-c1cccnc1. The third-order valence-corrected chi connectivity index (χ3v) is 6.60. The number of para-hydroxylation sites is 1.